The van der Waals surface area contributed by atoms with Crippen molar-refractivity contribution in [3.8, 4) is 0 Å². The number of ether oxygens (including phenoxy) is 3. The van der Waals surface area contributed by atoms with Gasteiger partial charge in [0.05, 0.1) is 158 Å². The normalized spacial score (nSPS) is 17.2. The smallest absolute Gasteiger partial charge is 0.394 e. The Labute approximate surface area is 464 Å². The molecule has 0 aromatic carbocycles. The van der Waals surface area contributed by atoms with Crippen LogP contribution in [-0.2, 0) is 123 Å². The highest BCUT2D eigenvalue weighted by molar-refractivity contribution is 7.50. The molecule has 0 radical (unpaired) electrons. The highest BCUT2D eigenvalue weighted by Crippen LogP contribution is 2.55. The molecule has 34 heteroatoms. The van der Waals surface area contributed by atoms with Crippen molar-refractivity contribution < 1.29 is 128 Å². The third kappa shape index (κ3) is 43.2. The average Bonchev–Trinajstić information content (AvgIpc) is 3.41. The lowest BCUT2D eigenvalue weighted by Crippen LogP contribution is -2.20. The Bertz CT molecular complexity index is 1690. The minimum Gasteiger partial charge on any atom is -0.394 e. The molecule has 0 spiro atoms. The van der Waals surface area contributed by atoms with Crippen molar-refractivity contribution in [2.45, 2.75) is 132 Å². The van der Waals surface area contributed by atoms with E-state index in [0.717, 1.165) is 19.3 Å². The molecule has 7 unspecified atom stereocenters. The second kappa shape index (κ2) is 49.7. The molecule has 0 saturated carbocycles. The van der Waals surface area contributed by atoms with Gasteiger partial charge in [-0.15, -0.1) is 0 Å². The summed E-state index contributed by atoms with van der Waals surface area (Å²) in [5.41, 5.74) is 0. The van der Waals surface area contributed by atoms with Gasteiger partial charge in [-0.05, 0) is 45.4 Å². The van der Waals surface area contributed by atoms with E-state index in [9.17, 15) is 27.4 Å². The Hall–Kier alpha value is 0.500. The number of unbranched alkanes of at least 4 members (excludes halogenated alkanes) is 6. The predicted octanol–water partition coefficient (Wildman–Crippen LogP) is 11.8. The van der Waals surface area contributed by atoms with Crippen LogP contribution < -0.4 is 0 Å². The molecular formula is C44H96O28P6. The summed E-state index contributed by atoms with van der Waals surface area (Å²) in [6.07, 6.45) is 7.33. The van der Waals surface area contributed by atoms with Crippen LogP contribution in [0.15, 0.2) is 0 Å². The SMILES string of the molecule is CCCCOP(=O)(OCCO)OCCOCC(C)OCCOP(=O)(OCCCC)OCCOP(=O)(OCCCC)OCCOP(=O)(OCCCC)OCCOP(=O)(OCCCC)OCCOP(=O)(OCCCC)OCCOC. The summed E-state index contributed by atoms with van der Waals surface area (Å²) >= 11 is 0. The van der Waals surface area contributed by atoms with Crippen molar-refractivity contribution in [3.05, 3.63) is 0 Å². The van der Waals surface area contributed by atoms with Crippen LogP contribution in [0.3, 0.4) is 0 Å². The zero-order valence-electron chi connectivity index (χ0n) is 47.5. The summed E-state index contributed by atoms with van der Waals surface area (Å²) in [5, 5.41) is 9.03. The molecule has 7 atom stereocenters. The molecule has 0 bridgehead atoms. The van der Waals surface area contributed by atoms with Crippen LogP contribution >= 0.6 is 46.9 Å². The maximum absolute atomic E-state index is 13.7. The standard InChI is InChI=1S/C44H96O28P6/c1-9-15-22-55-73(46,61-28-21-45)63-33-30-53-43-44(7)54-31-34-64-75(48,57-24-17-11-3)66-36-38-68-77(50,59-26-19-13-5)70-40-42-72-78(51,60-27-20-14-6)71-41-39-69-76(49,58-25-18-12-4)67-37-35-65-74(47,56-23-16-10-2)62-32-29-52-8/h44-45H,9-43H2,1-8H3. The van der Waals surface area contributed by atoms with Crippen LogP contribution in [0.5, 0.6) is 0 Å². The summed E-state index contributed by atoms with van der Waals surface area (Å²) < 4.78 is 194. The highest BCUT2D eigenvalue weighted by Gasteiger charge is 2.34. The predicted molar refractivity (Wildman–Crippen MR) is 287 cm³/mol. The largest absolute Gasteiger partial charge is 0.474 e. The molecule has 0 aliphatic heterocycles. The number of hydrogen-bond acceptors (Lipinski definition) is 28. The van der Waals surface area contributed by atoms with Crippen LogP contribution in [-0.4, -0.2) is 170 Å². The first-order chi connectivity index (χ1) is 37.4. The van der Waals surface area contributed by atoms with Gasteiger partial charge in [-0.3, -0.25) is 81.4 Å². The first-order valence-electron chi connectivity index (χ1n) is 26.9. The maximum Gasteiger partial charge on any atom is 0.474 e. The van der Waals surface area contributed by atoms with E-state index >= 15 is 0 Å². The second-order valence-electron chi connectivity index (χ2n) is 16.3. The summed E-state index contributed by atoms with van der Waals surface area (Å²) in [6.45, 7) is 9.41. The summed E-state index contributed by atoms with van der Waals surface area (Å²) in [4.78, 5) is 0. The number of aliphatic hydroxyl groups is 1. The van der Waals surface area contributed by atoms with Gasteiger partial charge in [0.2, 0.25) is 0 Å². The van der Waals surface area contributed by atoms with Gasteiger partial charge in [0.1, 0.15) is 0 Å². The molecule has 470 valence electrons. The molecule has 28 nitrogen and oxygen atoms in total. The van der Waals surface area contributed by atoms with Crippen molar-refractivity contribution in [1.82, 2.24) is 0 Å². The molecule has 0 fully saturated rings. The number of aliphatic hydroxyl groups excluding tert-OH is 1. The molecule has 0 aromatic rings. The van der Waals surface area contributed by atoms with E-state index < -0.39 is 99.3 Å². The van der Waals surface area contributed by atoms with E-state index in [1.54, 1.807) is 6.92 Å². The third-order valence-corrected chi connectivity index (χ3v) is 18.2. The Morgan fingerprint density at radius 3 is 0.731 bits per heavy atom. The van der Waals surface area contributed by atoms with Gasteiger partial charge < -0.3 is 19.3 Å². The van der Waals surface area contributed by atoms with Gasteiger partial charge in [-0.25, -0.2) is 27.4 Å². The Morgan fingerprint density at radius 2 is 0.500 bits per heavy atom. The zero-order chi connectivity index (χ0) is 58.2. The third-order valence-electron chi connectivity index (χ3n) is 9.25. The fourth-order valence-corrected chi connectivity index (χ4v) is 12.1. The van der Waals surface area contributed by atoms with Gasteiger partial charge in [-0.2, -0.15) is 0 Å². The van der Waals surface area contributed by atoms with Crippen molar-refractivity contribution in [2.75, 3.05) is 159 Å². The van der Waals surface area contributed by atoms with Crippen LogP contribution in [0, 0.1) is 0 Å². The zero-order valence-corrected chi connectivity index (χ0v) is 52.8. The topological polar surface area (TPSA) is 316 Å². The Kier molecular flexibility index (Phi) is 50.0. The van der Waals surface area contributed by atoms with E-state index in [0.29, 0.717) is 57.8 Å². The van der Waals surface area contributed by atoms with Gasteiger partial charge >= 0.3 is 46.9 Å². The van der Waals surface area contributed by atoms with Gasteiger partial charge in [-0.1, -0.05) is 80.1 Å². The van der Waals surface area contributed by atoms with Crippen molar-refractivity contribution in [2.24, 2.45) is 0 Å². The summed E-state index contributed by atoms with van der Waals surface area (Å²) in [5.74, 6) is 0. The molecule has 0 amide bonds. The summed E-state index contributed by atoms with van der Waals surface area (Å²) in [6, 6.07) is 0. The molecule has 0 aliphatic rings. The maximum atomic E-state index is 13.7. The number of hydrogen-bond donors (Lipinski definition) is 1. The first kappa shape index (κ1) is 78.5. The van der Waals surface area contributed by atoms with Crippen LogP contribution in [0.4, 0.5) is 0 Å². The molecule has 1 N–H and O–H groups in total. The quantitative estimate of drug-likeness (QED) is 0.0437. The van der Waals surface area contributed by atoms with E-state index in [2.05, 4.69) is 0 Å². The van der Waals surface area contributed by atoms with Crippen molar-refractivity contribution in [1.29, 1.82) is 0 Å². The monoisotopic (exact) mass is 1260 g/mol. The molecular weight excluding hydrogens is 1160 g/mol. The Balaban J connectivity index is 5.38. The minimum atomic E-state index is -4.34. The number of phosphoric acid groups is 6. The van der Waals surface area contributed by atoms with E-state index in [-0.39, 0.29) is 106 Å². The van der Waals surface area contributed by atoms with Crippen molar-refractivity contribution in [3.63, 3.8) is 0 Å². The van der Waals surface area contributed by atoms with Gasteiger partial charge in [0, 0.05) is 7.11 Å². The highest BCUT2D eigenvalue weighted by atomic mass is 31.2. The van der Waals surface area contributed by atoms with E-state index in [4.69, 9.17) is 101 Å². The molecule has 0 rings (SSSR count). The number of methoxy groups -OCH3 is 1. The molecule has 0 heterocycles. The molecule has 0 saturated heterocycles. The second-order valence-corrected chi connectivity index (χ2v) is 26.3. The van der Waals surface area contributed by atoms with Gasteiger partial charge in [0.15, 0.2) is 0 Å². The van der Waals surface area contributed by atoms with E-state index in [1.807, 2.05) is 41.5 Å². The molecule has 0 aliphatic carbocycles. The number of rotatable bonds is 62. The lowest BCUT2D eigenvalue weighted by molar-refractivity contribution is -0.0278. The van der Waals surface area contributed by atoms with Crippen LogP contribution in [0.1, 0.15) is 126 Å². The van der Waals surface area contributed by atoms with Crippen LogP contribution in [0.2, 0.25) is 0 Å². The fourth-order valence-electron chi connectivity index (χ4n) is 5.08. The first-order valence-corrected chi connectivity index (χ1v) is 35.7. The van der Waals surface area contributed by atoms with E-state index in [1.165, 1.54) is 7.11 Å². The molecule has 78 heavy (non-hydrogen) atoms. The van der Waals surface area contributed by atoms with Crippen molar-refractivity contribution >= 4 is 46.9 Å². The lowest BCUT2D eigenvalue weighted by Gasteiger charge is -2.22. The number of phosphoric ester groups is 6. The Morgan fingerprint density at radius 1 is 0.295 bits per heavy atom. The summed E-state index contributed by atoms with van der Waals surface area (Å²) in [7, 11) is -23.5. The minimum absolute atomic E-state index is 0.00688. The van der Waals surface area contributed by atoms with Crippen LogP contribution in [0.25, 0.3) is 0 Å². The fraction of sp³-hybridized carbons (Fsp3) is 1.00. The lowest BCUT2D eigenvalue weighted by atomic mass is 10.4. The average molecular weight is 1260 g/mol. The van der Waals surface area contributed by atoms with Gasteiger partial charge in [0.25, 0.3) is 0 Å². The molecule has 0 aromatic heterocycles.